The highest BCUT2D eigenvalue weighted by molar-refractivity contribution is 7.99. The van der Waals surface area contributed by atoms with E-state index in [2.05, 4.69) is 6.92 Å². The lowest BCUT2D eigenvalue weighted by atomic mass is 10.2. The van der Waals surface area contributed by atoms with Crippen molar-refractivity contribution in [2.75, 3.05) is 18.1 Å². The number of unbranched alkanes of at least 4 members (excludes halogenated alkanes) is 2. The van der Waals surface area contributed by atoms with Crippen LogP contribution in [-0.4, -0.2) is 29.2 Å². The summed E-state index contributed by atoms with van der Waals surface area (Å²) in [5.74, 6) is 2.29. The monoisotopic (exact) mass is 282 g/mol. The molecule has 106 valence electrons. The molecule has 0 aliphatic rings. The second kappa shape index (κ2) is 9.73. The van der Waals surface area contributed by atoms with Crippen molar-refractivity contribution in [1.82, 2.24) is 0 Å². The second-order valence-electron chi connectivity index (χ2n) is 4.48. The fourth-order valence-corrected chi connectivity index (χ4v) is 2.43. The molecular weight excluding hydrogens is 260 g/mol. The van der Waals surface area contributed by atoms with Gasteiger partial charge in [0.25, 0.3) is 0 Å². The Kier molecular flexibility index (Phi) is 8.14. The van der Waals surface area contributed by atoms with Gasteiger partial charge in [0.05, 0.1) is 6.61 Å². The number of carbonyl (C=O) groups is 1. The molecule has 19 heavy (non-hydrogen) atoms. The Hall–Kier alpha value is -1.16. The lowest BCUT2D eigenvalue weighted by Gasteiger charge is -2.06. The van der Waals surface area contributed by atoms with Crippen LogP contribution in [0.5, 0.6) is 5.75 Å². The maximum atomic E-state index is 10.3. The van der Waals surface area contributed by atoms with Crippen LogP contribution in [-0.2, 0) is 4.79 Å². The molecule has 0 unspecified atom stereocenters. The van der Waals surface area contributed by atoms with Crippen molar-refractivity contribution in [3.63, 3.8) is 0 Å². The molecule has 0 fully saturated rings. The van der Waals surface area contributed by atoms with Crippen molar-refractivity contribution >= 4 is 17.7 Å². The van der Waals surface area contributed by atoms with Crippen LogP contribution in [0.4, 0.5) is 0 Å². The van der Waals surface area contributed by atoms with Gasteiger partial charge in [-0.05, 0) is 37.7 Å². The molecule has 1 aromatic rings. The molecule has 1 rings (SSSR count). The molecule has 3 nitrogen and oxygen atoms in total. The summed E-state index contributed by atoms with van der Waals surface area (Å²) in [5.41, 5.74) is 1.24. The van der Waals surface area contributed by atoms with E-state index < -0.39 is 5.97 Å². The predicted molar refractivity (Wildman–Crippen MR) is 80.1 cm³/mol. The van der Waals surface area contributed by atoms with Crippen LogP contribution in [0.15, 0.2) is 24.3 Å². The zero-order valence-corrected chi connectivity index (χ0v) is 12.2. The third-order valence-corrected chi connectivity index (χ3v) is 3.73. The molecule has 0 aliphatic heterocycles. The van der Waals surface area contributed by atoms with Gasteiger partial charge in [0, 0.05) is 12.2 Å². The summed E-state index contributed by atoms with van der Waals surface area (Å²) in [4.78, 5) is 10.3. The maximum Gasteiger partial charge on any atom is 0.303 e. The van der Waals surface area contributed by atoms with E-state index in [0.717, 1.165) is 43.1 Å². The lowest BCUT2D eigenvalue weighted by molar-refractivity contribution is -0.137. The van der Waals surface area contributed by atoms with Crippen LogP contribution in [0.2, 0.25) is 0 Å². The third kappa shape index (κ3) is 8.54. The Labute approximate surface area is 119 Å². The van der Waals surface area contributed by atoms with E-state index in [4.69, 9.17) is 9.84 Å². The molecule has 0 bridgehead atoms. The summed E-state index contributed by atoms with van der Waals surface area (Å²) in [6.07, 6.45) is 3.16. The highest BCUT2D eigenvalue weighted by Crippen LogP contribution is 2.12. The van der Waals surface area contributed by atoms with Crippen molar-refractivity contribution < 1.29 is 14.6 Å². The van der Waals surface area contributed by atoms with Gasteiger partial charge in [-0.1, -0.05) is 24.1 Å². The SMILES string of the molecule is Cc1ccc(OCCSCCCCCC(=O)O)cc1. The number of hydrogen-bond acceptors (Lipinski definition) is 3. The van der Waals surface area contributed by atoms with E-state index in [-0.39, 0.29) is 0 Å². The van der Waals surface area contributed by atoms with Crippen LogP contribution in [0.25, 0.3) is 0 Å². The van der Waals surface area contributed by atoms with E-state index >= 15 is 0 Å². The first-order chi connectivity index (χ1) is 9.18. The van der Waals surface area contributed by atoms with Crippen LogP contribution in [0, 0.1) is 6.92 Å². The van der Waals surface area contributed by atoms with Crippen molar-refractivity contribution in [2.24, 2.45) is 0 Å². The average Bonchev–Trinajstić information content (AvgIpc) is 2.38. The average molecular weight is 282 g/mol. The van der Waals surface area contributed by atoms with Gasteiger partial charge in [0.2, 0.25) is 0 Å². The first-order valence-electron chi connectivity index (χ1n) is 6.67. The normalized spacial score (nSPS) is 10.4. The van der Waals surface area contributed by atoms with Crippen molar-refractivity contribution in [3.05, 3.63) is 29.8 Å². The fourth-order valence-electron chi connectivity index (χ4n) is 1.61. The molecule has 0 radical (unpaired) electrons. The standard InChI is InChI=1S/C15H22O3S/c1-13-6-8-14(9-7-13)18-10-12-19-11-4-2-3-5-15(16)17/h6-9H,2-5,10-12H2,1H3,(H,16,17). The number of rotatable bonds is 10. The van der Waals surface area contributed by atoms with Crippen molar-refractivity contribution in [3.8, 4) is 5.75 Å². The number of ether oxygens (including phenoxy) is 1. The zero-order valence-electron chi connectivity index (χ0n) is 11.4. The Morgan fingerprint density at radius 3 is 2.58 bits per heavy atom. The molecule has 1 aromatic carbocycles. The number of aliphatic carboxylic acids is 1. The number of aryl methyl sites for hydroxylation is 1. The van der Waals surface area contributed by atoms with E-state index in [1.807, 2.05) is 36.0 Å². The van der Waals surface area contributed by atoms with Crippen LogP contribution in [0.3, 0.4) is 0 Å². The third-order valence-electron chi connectivity index (χ3n) is 2.70. The minimum atomic E-state index is -0.695. The second-order valence-corrected chi connectivity index (χ2v) is 5.70. The van der Waals surface area contributed by atoms with Crippen LogP contribution >= 0.6 is 11.8 Å². The minimum Gasteiger partial charge on any atom is -0.493 e. The van der Waals surface area contributed by atoms with Crippen LogP contribution in [0.1, 0.15) is 31.2 Å². The van der Waals surface area contributed by atoms with Crippen LogP contribution < -0.4 is 4.74 Å². The number of carboxylic acid groups (broad SMARTS) is 1. The summed E-state index contributed by atoms with van der Waals surface area (Å²) < 4.78 is 5.62. The first-order valence-corrected chi connectivity index (χ1v) is 7.83. The smallest absolute Gasteiger partial charge is 0.303 e. The van der Waals surface area contributed by atoms with Gasteiger partial charge in [0.15, 0.2) is 0 Å². The molecule has 1 N–H and O–H groups in total. The highest BCUT2D eigenvalue weighted by Gasteiger charge is 1.97. The van der Waals surface area contributed by atoms with Gasteiger partial charge in [-0.2, -0.15) is 11.8 Å². The zero-order chi connectivity index (χ0) is 13.9. The molecule has 0 heterocycles. The number of benzene rings is 1. The molecule has 0 amide bonds. The van der Waals surface area contributed by atoms with E-state index in [1.165, 1.54) is 5.56 Å². The number of carboxylic acids is 1. The Bertz CT molecular complexity index is 362. The quantitative estimate of drug-likeness (QED) is 0.664. The summed E-state index contributed by atoms with van der Waals surface area (Å²) >= 11 is 1.86. The van der Waals surface area contributed by atoms with Gasteiger partial charge in [-0.15, -0.1) is 0 Å². The summed E-state index contributed by atoms with van der Waals surface area (Å²) in [6.45, 7) is 2.78. The Morgan fingerprint density at radius 2 is 1.89 bits per heavy atom. The summed E-state index contributed by atoms with van der Waals surface area (Å²) in [5, 5.41) is 8.49. The molecule has 0 aliphatic carbocycles. The summed E-state index contributed by atoms with van der Waals surface area (Å²) in [6, 6.07) is 8.08. The lowest BCUT2D eigenvalue weighted by Crippen LogP contribution is -2.00. The molecule has 0 aromatic heterocycles. The predicted octanol–water partition coefficient (Wildman–Crippen LogP) is 3.75. The molecular formula is C15H22O3S. The summed E-state index contributed by atoms with van der Waals surface area (Å²) in [7, 11) is 0. The maximum absolute atomic E-state index is 10.3. The number of thioether (sulfide) groups is 1. The van der Waals surface area contributed by atoms with Gasteiger partial charge < -0.3 is 9.84 Å². The van der Waals surface area contributed by atoms with Gasteiger partial charge in [-0.3, -0.25) is 4.79 Å². The molecule has 4 heteroatoms. The largest absolute Gasteiger partial charge is 0.493 e. The molecule has 0 spiro atoms. The van der Waals surface area contributed by atoms with E-state index in [0.29, 0.717) is 6.42 Å². The van der Waals surface area contributed by atoms with E-state index in [9.17, 15) is 4.79 Å². The topological polar surface area (TPSA) is 46.5 Å². The minimum absolute atomic E-state index is 0.293. The molecule has 0 atom stereocenters. The van der Waals surface area contributed by atoms with Gasteiger partial charge in [-0.25, -0.2) is 0 Å². The Balaban J connectivity index is 1.91. The van der Waals surface area contributed by atoms with Gasteiger partial charge in [0.1, 0.15) is 5.75 Å². The van der Waals surface area contributed by atoms with Gasteiger partial charge >= 0.3 is 5.97 Å². The first kappa shape index (κ1) is 15.9. The number of hydrogen-bond donors (Lipinski definition) is 1. The fraction of sp³-hybridized carbons (Fsp3) is 0.533. The Morgan fingerprint density at radius 1 is 1.16 bits per heavy atom. The molecule has 0 saturated heterocycles. The molecule has 0 saturated carbocycles. The van der Waals surface area contributed by atoms with Crippen molar-refractivity contribution in [2.45, 2.75) is 32.6 Å². The highest BCUT2D eigenvalue weighted by atomic mass is 32.2. The van der Waals surface area contributed by atoms with Crippen molar-refractivity contribution in [1.29, 1.82) is 0 Å². The van der Waals surface area contributed by atoms with E-state index in [1.54, 1.807) is 0 Å².